The van der Waals surface area contributed by atoms with E-state index < -0.39 is 15.6 Å². The predicted molar refractivity (Wildman–Crippen MR) is 70.1 cm³/mol. The summed E-state index contributed by atoms with van der Waals surface area (Å²) in [5.74, 6) is 0. The summed E-state index contributed by atoms with van der Waals surface area (Å²) in [5.41, 5.74) is -0.760. The van der Waals surface area contributed by atoms with Gasteiger partial charge in [0.05, 0.1) is 18.1 Å². The van der Waals surface area contributed by atoms with Crippen LogP contribution in [0.1, 0.15) is 13.8 Å². The van der Waals surface area contributed by atoms with Crippen LogP contribution >= 0.6 is 0 Å². The number of aromatic amines is 1. The van der Waals surface area contributed by atoms with Crippen LogP contribution in [-0.2, 0) is 10.0 Å². The van der Waals surface area contributed by atoms with E-state index in [9.17, 15) is 13.5 Å². The van der Waals surface area contributed by atoms with Gasteiger partial charge in [-0.15, -0.1) is 0 Å². The van der Waals surface area contributed by atoms with E-state index in [1.807, 2.05) is 0 Å². The summed E-state index contributed by atoms with van der Waals surface area (Å²) in [6, 6.07) is 0. The molecule has 1 aliphatic rings. The molecule has 1 aromatic heterocycles. The highest BCUT2D eigenvalue weighted by Gasteiger charge is 2.30. The molecule has 1 aliphatic heterocycles. The van der Waals surface area contributed by atoms with Crippen LogP contribution in [0.3, 0.4) is 0 Å². The van der Waals surface area contributed by atoms with Gasteiger partial charge >= 0.3 is 0 Å². The molecule has 0 bridgehead atoms. The van der Waals surface area contributed by atoms with Crippen molar-refractivity contribution < 1.29 is 13.5 Å². The monoisotopic (exact) mass is 288 g/mol. The van der Waals surface area contributed by atoms with E-state index in [0.717, 1.165) is 0 Å². The number of H-pyrrole nitrogens is 1. The minimum absolute atomic E-state index is 0.128. The average Bonchev–Trinajstić information content (AvgIpc) is 2.81. The molecule has 1 fully saturated rings. The number of hydrogen-bond acceptors (Lipinski definition) is 5. The SMILES string of the molecule is CC(C)(O)CN1CCN(S(=O)(=O)c2cnc[nH]2)CC1. The lowest BCUT2D eigenvalue weighted by molar-refractivity contribution is 0.0263. The van der Waals surface area contributed by atoms with E-state index in [2.05, 4.69) is 14.9 Å². The zero-order valence-corrected chi connectivity index (χ0v) is 12.0. The van der Waals surface area contributed by atoms with Gasteiger partial charge in [0.1, 0.15) is 0 Å². The van der Waals surface area contributed by atoms with Gasteiger partial charge in [0.2, 0.25) is 0 Å². The molecule has 0 radical (unpaired) electrons. The summed E-state index contributed by atoms with van der Waals surface area (Å²) >= 11 is 0. The first-order valence-corrected chi connectivity index (χ1v) is 7.66. The third-order valence-corrected chi connectivity index (χ3v) is 4.86. The van der Waals surface area contributed by atoms with Crippen LogP contribution in [0.4, 0.5) is 0 Å². The highest BCUT2D eigenvalue weighted by Crippen LogP contribution is 2.16. The Labute approximate surface area is 113 Å². The molecule has 8 heteroatoms. The number of rotatable bonds is 4. The Morgan fingerprint density at radius 3 is 2.47 bits per heavy atom. The van der Waals surface area contributed by atoms with Gasteiger partial charge in [0.25, 0.3) is 10.0 Å². The largest absolute Gasteiger partial charge is 0.389 e. The van der Waals surface area contributed by atoms with Gasteiger partial charge in [-0.25, -0.2) is 13.4 Å². The smallest absolute Gasteiger partial charge is 0.260 e. The zero-order valence-electron chi connectivity index (χ0n) is 11.2. The van der Waals surface area contributed by atoms with Crippen molar-refractivity contribution in [1.82, 2.24) is 19.2 Å². The van der Waals surface area contributed by atoms with Crippen molar-refractivity contribution in [3.05, 3.63) is 12.5 Å². The van der Waals surface area contributed by atoms with Gasteiger partial charge in [0.15, 0.2) is 5.03 Å². The molecule has 1 saturated heterocycles. The third kappa shape index (κ3) is 3.53. The summed E-state index contributed by atoms with van der Waals surface area (Å²) in [7, 11) is -3.46. The molecule has 108 valence electrons. The minimum Gasteiger partial charge on any atom is -0.389 e. The van der Waals surface area contributed by atoms with Crippen molar-refractivity contribution in [1.29, 1.82) is 0 Å². The number of nitrogens with one attached hydrogen (secondary N) is 1. The lowest BCUT2D eigenvalue weighted by atomic mass is 10.1. The second-order valence-electron chi connectivity index (χ2n) is 5.41. The molecule has 0 unspecified atom stereocenters. The number of aliphatic hydroxyl groups is 1. The van der Waals surface area contributed by atoms with Crippen molar-refractivity contribution in [2.45, 2.75) is 24.5 Å². The van der Waals surface area contributed by atoms with Crippen molar-refractivity contribution in [2.24, 2.45) is 0 Å². The van der Waals surface area contributed by atoms with Gasteiger partial charge in [-0.05, 0) is 13.8 Å². The Morgan fingerprint density at radius 1 is 1.37 bits per heavy atom. The molecule has 1 aromatic rings. The second-order valence-corrected chi connectivity index (χ2v) is 7.31. The van der Waals surface area contributed by atoms with E-state index in [-0.39, 0.29) is 5.03 Å². The van der Waals surface area contributed by atoms with Gasteiger partial charge < -0.3 is 10.1 Å². The van der Waals surface area contributed by atoms with Crippen molar-refractivity contribution in [3.63, 3.8) is 0 Å². The highest BCUT2D eigenvalue weighted by atomic mass is 32.2. The van der Waals surface area contributed by atoms with Crippen LogP contribution in [-0.4, -0.2) is 71.0 Å². The number of nitrogens with zero attached hydrogens (tertiary/aromatic N) is 3. The van der Waals surface area contributed by atoms with Crippen LogP contribution in [0.25, 0.3) is 0 Å². The fraction of sp³-hybridized carbons (Fsp3) is 0.727. The minimum atomic E-state index is -3.46. The van der Waals surface area contributed by atoms with Gasteiger partial charge in [0, 0.05) is 32.7 Å². The molecule has 0 spiro atoms. The number of piperazine rings is 1. The van der Waals surface area contributed by atoms with E-state index >= 15 is 0 Å². The molecule has 2 heterocycles. The Balaban J connectivity index is 1.97. The maximum atomic E-state index is 12.2. The van der Waals surface area contributed by atoms with Crippen LogP contribution in [0.5, 0.6) is 0 Å². The molecule has 19 heavy (non-hydrogen) atoms. The molecule has 0 atom stereocenters. The summed E-state index contributed by atoms with van der Waals surface area (Å²) in [6.45, 7) is 6.15. The summed E-state index contributed by atoms with van der Waals surface area (Å²) in [5, 5.41) is 9.89. The van der Waals surface area contributed by atoms with Crippen molar-refractivity contribution >= 4 is 10.0 Å². The van der Waals surface area contributed by atoms with Crippen LogP contribution in [0, 0.1) is 0 Å². The normalized spacial score (nSPS) is 19.7. The number of sulfonamides is 1. The van der Waals surface area contributed by atoms with Gasteiger partial charge in [-0.1, -0.05) is 0 Å². The van der Waals surface area contributed by atoms with Gasteiger partial charge in [-0.3, -0.25) is 4.90 Å². The molecule has 2 rings (SSSR count). The summed E-state index contributed by atoms with van der Waals surface area (Å²) in [6.07, 6.45) is 2.68. The standard InChI is InChI=1S/C11H20N4O3S/c1-11(2,16)8-14-3-5-15(6-4-14)19(17,18)10-7-12-9-13-10/h7,9,16H,3-6,8H2,1-2H3,(H,12,13). The molecule has 0 amide bonds. The summed E-state index contributed by atoms with van der Waals surface area (Å²) in [4.78, 5) is 8.44. The van der Waals surface area contributed by atoms with E-state index in [4.69, 9.17) is 0 Å². The van der Waals surface area contributed by atoms with E-state index in [1.54, 1.807) is 13.8 Å². The molecule has 0 aliphatic carbocycles. The fourth-order valence-corrected chi connectivity index (χ4v) is 3.52. The topological polar surface area (TPSA) is 89.5 Å². The van der Waals surface area contributed by atoms with Crippen LogP contribution in [0.15, 0.2) is 17.6 Å². The van der Waals surface area contributed by atoms with Crippen LogP contribution in [0.2, 0.25) is 0 Å². The Bertz CT molecular complexity index is 499. The molecule has 0 saturated carbocycles. The van der Waals surface area contributed by atoms with Crippen LogP contribution < -0.4 is 0 Å². The molecular formula is C11H20N4O3S. The molecule has 7 nitrogen and oxygen atoms in total. The second kappa shape index (κ2) is 5.20. The Morgan fingerprint density at radius 2 is 2.00 bits per heavy atom. The number of imidazole rings is 1. The number of hydrogen-bond donors (Lipinski definition) is 2. The van der Waals surface area contributed by atoms with E-state index in [1.165, 1.54) is 16.8 Å². The first kappa shape index (κ1) is 14.4. The predicted octanol–water partition coefficient (Wildman–Crippen LogP) is -0.513. The fourth-order valence-electron chi connectivity index (χ4n) is 2.20. The van der Waals surface area contributed by atoms with Crippen molar-refractivity contribution in [2.75, 3.05) is 32.7 Å². The molecule has 0 aromatic carbocycles. The first-order valence-electron chi connectivity index (χ1n) is 6.22. The van der Waals surface area contributed by atoms with Crippen molar-refractivity contribution in [3.8, 4) is 0 Å². The van der Waals surface area contributed by atoms with Gasteiger partial charge in [-0.2, -0.15) is 4.31 Å². The lowest BCUT2D eigenvalue weighted by Crippen LogP contribution is -2.51. The molecule has 2 N–H and O–H groups in total. The maximum Gasteiger partial charge on any atom is 0.260 e. The Kier molecular flexibility index (Phi) is 3.95. The van der Waals surface area contributed by atoms with E-state index in [0.29, 0.717) is 32.7 Å². The number of β-amino-alcohol motifs (C(OH)–C–C–N with tert-alkyl or cyclic N) is 1. The first-order chi connectivity index (χ1) is 8.79. The lowest BCUT2D eigenvalue weighted by Gasteiger charge is -2.36. The maximum absolute atomic E-state index is 12.2. The number of aromatic nitrogens is 2. The molecular weight excluding hydrogens is 268 g/mol. The zero-order chi connectivity index (χ0) is 14.1. The third-order valence-electron chi connectivity index (χ3n) is 3.03. The Hall–Kier alpha value is -0.960. The summed E-state index contributed by atoms with van der Waals surface area (Å²) < 4.78 is 25.9. The average molecular weight is 288 g/mol. The quantitative estimate of drug-likeness (QED) is 0.778. The highest BCUT2D eigenvalue weighted by molar-refractivity contribution is 7.89.